The molecule has 5 nitrogen and oxygen atoms in total. The number of hydrogen-bond acceptors (Lipinski definition) is 4. The molecule has 3 heterocycles. The molecule has 0 bridgehead atoms. The van der Waals surface area contributed by atoms with Crippen LogP contribution in [0.4, 0.5) is 0 Å². The SMILES string of the molecule is N#Cc1nn(C2CCOCC2)c2c1CCNC2. The minimum absolute atomic E-state index is 0.402. The van der Waals surface area contributed by atoms with Crippen LogP contribution in [0.25, 0.3) is 0 Å². The lowest BCUT2D eigenvalue weighted by Gasteiger charge is -2.25. The molecule has 0 saturated carbocycles. The molecule has 1 aromatic rings. The molecule has 0 aromatic carbocycles. The van der Waals surface area contributed by atoms with Gasteiger partial charge >= 0.3 is 0 Å². The molecule has 5 heteroatoms. The molecule has 90 valence electrons. The summed E-state index contributed by atoms with van der Waals surface area (Å²) in [6, 6.07) is 2.63. The number of nitriles is 1. The van der Waals surface area contributed by atoms with Gasteiger partial charge < -0.3 is 10.1 Å². The van der Waals surface area contributed by atoms with Gasteiger partial charge in [-0.15, -0.1) is 0 Å². The Kier molecular flexibility index (Phi) is 2.83. The van der Waals surface area contributed by atoms with Crippen LogP contribution in [0.15, 0.2) is 0 Å². The lowest BCUT2D eigenvalue weighted by Crippen LogP contribution is -2.28. The molecule has 0 spiro atoms. The van der Waals surface area contributed by atoms with Gasteiger partial charge in [0.25, 0.3) is 0 Å². The third kappa shape index (κ3) is 1.84. The zero-order valence-corrected chi connectivity index (χ0v) is 9.78. The minimum Gasteiger partial charge on any atom is -0.381 e. The summed E-state index contributed by atoms with van der Waals surface area (Å²) in [5.74, 6) is 0. The molecule has 0 unspecified atom stereocenters. The summed E-state index contributed by atoms with van der Waals surface area (Å²) in [7, 11) is 0. The van der Waals surface area contributed by atoms with Crippen molar-refractivity contribution < 1.29 is 4.74 Å². The van der Waals surface area contributed by atoms with Gasteiger partial charge in [-0.2, -0.15) is 10.4 Å². The van der Waals surface area contributed by atoms with E-state index in [9.17, 15) is 0 Å². The lowest BCUT2D eigenvalue weighted by atomic mass is 10.0. The quantitative estimate of drug-likeness (QED) is 0.776. The summed E-state index contributed by atoms with van der Waals surface area (Å²) in [6.45, 7) is 3.38. The lowest BCUT2D eigenvalue weighted by molar-refractivity contribution is 0.0652. The average molecular weight is 232 g/mol. The zero-order chi connectivity index (χ0) is 11.7. The molecular weight excluding hydrogens is 216 g/mol. The van der Waals surface area contributed by atoms with Crippen LogP contribution in [0.5, 0.6) is 0 Å². The molecule has 0 aliphatic carbocycles. The first-order chi connectivity index (χ1) is 8.40. The molecule has 1 saturated heterocycles. The van der Waals surface area contributed by atoms with E-state index in [4.69, 9.17) is 10.00 Å². The van der Waals surface area contributed by atoms with E-state index < -0.39 is 0 Å². The van der Waals surface area contributed by atoms with Gasteiger partial charge in [-0.3, -0.25) is 4.68 Å². The van der Waals surface area contributed by atoms with E-state index in [1.54, 1.807) is 0 Å². The standard InChI is InChI=1S/C12H16N4O/c13-7-11-10-1-4-14-8-12(10)16(15-11)9-2-5-17-6-3-9/h9,14H,1-6,8H2. The Balaban J connectivity index is 1.98. The molecule has 1 N–H and O–H groups in total. The van der Waals surface area contributed by atoms with Crippen molar-refractivity contribution in [2.24, 2.45) is 0 Å². The molecular formula is C12H16N4O. The Morgan fingerprint density at radius 1 is 1.41 bits per heavy atom. The normalized spacial score (nSPS) is 20.9. The predicted octanol–water partition coefficient (Wildman–Crippen LogP) is 0.752. The second-order valence-corrected chi connectivity index (χ2v) is 4.60. The van der Waals surface area contributed by atoms with Crippen molar-refractivity contribution in [3.8, 4) is 6.07 Å². The van der Waals surface area contributed by atoms with E-state index >= 15 is 0 Å². The topological polar surface area (TPSA) is 62.9 Å². The van der Waals surface area contributed by atoms with Gasteiger partial charge in [0.1, 0.15) is 6.07 Å². The van der Waals surface area contributed by atoms with Gasteiger partial charge in [-0.25, -0.2) is 0 Å². The third-order valence-corrected chi connectivity index (χ3v) is 3.61. The highest BCUT2D eigenvalue weighted by Gasteiger charge is 2.25. The summed E-state index contributed by atoms with van der Waals surface area (Å²) >= 11 is 0. The van der Waals surface area contributed by atoms with Crippen LogP contribution in [-0.2, 0) is 17.7 Å². The van der Waals surface area contributed by atoms with E-state index in [0.717, 1.165) is 51.1 Å². The maximum atomic E-state index is 9.13. The Morgan fingerprint density at radius 2 is 2.24 bits per heavy atom. The van der Waals surface area contributed by atoms with E-state index in [1.807, 2.05) is 0 Å². The van der Waals surface area contributed by atoms with Crippen molar-refractivity contribution >= 4 is 0 Å². The van der Waals surface area contributed by atoms with Gasteiger partial charge in [0.2, 0.25) is 0 Å². The monoisotopic (exact) mass is 232 g/mol. The summed E-state index contributed by atoms with van der Waals surface area (Å²) in [6.07, 6.45) is 2.92. The fourth-order valence-electron chi connectivity index (χ4n) is 2.70. The molecule has 0 amide bonds. The zero-order valence-electron chi connectivity index (χ0n) is 9.78. The Bertz CT molecular complexity index is 454. The summed E-state index contributed by atoms with van der Waals surface area (Å²) < 4.78 is 7.45. The van der Waals surface area contributed by atoms with Crippen molar-refractivity contribution in [1.29, 1.82) is 5.26 Å². The van der Waals surface area contributed by atoms with Crippen LogP contribution in [0.3, 0.4) is 0 Å². The first kappa shape index (κ1) is 10.8. The summed E-state index contributed by atoms with van der Waals surface area (Å²) in [5.41, 5.74) is 2.98. The van der Waals surface area contributed by atoms with Crippen molar-refractivity contribution in [3.63, 3.8) is 0 Å². The van der Waals surface area contributed by atoms with Crippen LogP contribution < -0.4 is 5.32 Å². The number of aromatic nitrogens is 2. The molecule has 2 aliphatic heterocycles. The number of ether oxygens (including phenoxy) is 1. The average Bonchev–Trinajstić information content (AvgIpc) is 2.78. The van der Waals surface area contributed by atoms with Crippen molar-refractivity contribution in [2.45, 2.75) is 31.8 Å². The van der Waals surface area contributed by atoms with Crippen LogP contribution in [-0.4, -0.2) is 29.5 Å². The number of hydrogen-bond donors (Lipinski definition) is 1. The number of rotatable bonds is 1. The molecule has 3 rings (SSSR count). The van der Waals surface area contributed by atoms with Crippen LogP contribution >= 0.6 is 0 Å². The molecule has 0 atom stereocenters. The highest BCUT2D eigenvalue weighted by atomic mass is 16.5. The summed E-state index contributed by atoms with van der Waals surface area (Å²) in [5, 5.41) is 17.0. The highest BCUT2D eigenvalue weighted by Crippen LogP contribution is 2.26. The smallest absolute Gasteiger partial charge is 0.166 e. The number of fused-ring (bicyclic) bond motifs is 1. The van der Waals surface area contributed by atoms with Gasteiger partial charge in [0, 0.05) is 25.3 Å². The van der Waals surface area contributed by atoms with Gasteiger partial charge in [0.15, 0.2) is 5.69 Å². The van der Waals surface area contributed by atoms with Gasteiger partial charge in [-0.1, -0.05) is 0 Å². The number of nitrogens with one attached hydrogen (secondary N) is 1. The number of nitrogens with zero attached hydrogens (tertiary/aromatic N) is 3. The van der Waals surface area contributed by atoms with Crippen LogP contribution in [0.2, 0.25) is 0 Å². The summed E-state index contributed by atoms with van der Waals surface area (Å²) in [4.78, 5) is 0. The first-order valence-corrected chi connectivity index (χ1v) is 6.19. The fraction of sp³-hybridized carbons (Fsp3) is 0.667. The molecule has 0 radical (unpaired) electrons. The second-order valence-electron chi connectivity index (χ2n) is 4.60. The third-order valence-electron chi connectivity index (χ3n) is 3.61. The van der Waals surface area contributed by atoms with E-state index in [-0.39, 0.29) is 0 Å². The van der Waals surface area contributed by atoms with Crippen molar-refractivity contribution in [1.82, 2.24) is 15.1 Å². The maximum absolute atomic E-state index is 9.13. The Morgan fingerprint density at radius 3 is 3.00 bits per heavy atom. The van der Waals surface area contributed by atoms with E-state index in [0.29, 0.717) is 11.7 Å². The second kappa shape index (κ2) is 4.47. The molecule has 1 fully saturated rings. The Hall–Kier alpha value is -1.38. The van der Waals surface area contributed by atoms with Crippen LogP contribution in [0.1, 0.15) is 35.8 Å². The van der Waals surface area contributed by atoms with Crippen LogP contribution in [0, 0.1) is 11.3 Å². The fourth-order valence-corrected chi connectivity index (χ4v) is 2.70. The molecule has 1 aromatic heterocycles. The van der Waals surface area contributed by atoms with Gasteiger partial charge in [0.05, 0.1) is 11.7 Å². The van der Waals surface area contributed by atoms with Gasteiger partial charge in [-0.05, 0) is 25.8 Å². The largest absolute Gasteiger partial charge is 0.381 e. The van der Waals surface area contributed by atoms with E-state index in [1.165, 1.54) is 5.69 Å². The van der Waals surface area contributed by atoms with Crippen molar-refractivity contribution in [3.05, 3.63) is 17.0 Å². The van der Waals surface area contributed by atoms with E-state index in [2.05, 4.69) is 21.2 Å². The molecule has 17 heavy (non-hydrogen) atoms. The van der Waals surface area contributed by atoms with Crippen molar-refractivity contribution in [2.75, 3.05) is 19.8 Å². The minimum atomic E-state index is 0.402. The Labute approximate surface area is 100 Å². The molecule has 2 aliphatic rings. The highest BCUT2D eigenvalue weighted by molar-refractivity contribution is 5.37. The first-order valence-electron chi connectivity index (χ1n) is 6.19. The predicted molar refractivity (Wildman–Crippen MR) is 61.4 cm³/mol. The maximum Gasteiger partial charge on any atom is 0.166 e.